The predicted molar refractivity (Wildman–Crippen MR) is 199 cm³/mol. The van der Waals surface area contributed by atoms with Gasteiger partial charge in [0.25, 0.3) is 0 Å². The van der Waals surface area contributed by atoms with Crippen molar-refractivity contribution in [1.82, 2.24) is 0 Å². The number of ether oxygens (including phenoxy) is 2. The lowest BCUT2D eigenvalue weighted by molar-refractivity contribution is -0.0694. The number of aliphatic hydroxyl groups excluding tert-OH is 1. The van der Waals surface area contributed by atoms with Crippen molar-refractivity contribution >= 4 is 11.5 Å². The van der Waals surface area contributed by atoms with Crippen molar-refractivity contribution in [3.8, 4) is 23.0 Å². The fourth-order valence-corrected chi connectivity index (χ4v) is 8.41. The molecule has 2 aromatic rings. The normalized spacial score (nSPS) is 24.2. The summed E-state index contributed by atoms with van der Waals surface area (Å²) in [4.78, 5) is 14.4. The van der Waals surface area contributed by atoms with E-state index < -0.39 is 23.3 Å². The van der Waals surface area contributed by atoms with Crippen LogP contribution in [0.1, 0.15) is 151 Å². The number of esters is 1. The third-order valence-corrected chi connectivity index (χ3v) is 11.3. The molecule has 1 heterocycles. The average Bonchev–Trinajstić information content (AvgIpc) is 3.02. The molecule has 4 atom stereocenters. The molecule has 3 aliphatic rings. The lowest BCUT2D eigenvalue weighted by Gasteiger charge is -2.47. The first-order valence-corrected chi connectivity index (χ1v) is 18.7. The molecule has 2 aliphatic carbocycles. The number of allylic oxidation sites excluding steroid dienone is 3. The van der Waals surface area contributed by atoms with E-state index in [-0.39, 0.29) is 34.6 Å². The van der Waals surface area contributed by atoms with Crippen molar-refractivity contribution in [1.29, 1.82) is 0 Å². The van der Waals surface area contributed by atoms with Gasteiger partial charge in [0, 0.05) is 17.1 Å². The van der Waals surface area contributed by atoms with Crippen molar-refractivity contribution < 1.29 is 34.7 Å². The number of rotatable bonds is 12. The first kappa shape index (κ1) is 37.5. The van der Waals surface area contributed by atoms with E-state index >= 15 is 0 Å². The number of fused-ring (bicyclic) bond motifs is 2. The van der Waals surface area contributed by atoms with E-state index in [9.17, 15) is 25.2 Å². The van der Waals surface area contributed by atoms with Crippen LogP contribution in [0.25, 0.3) is 5.57 Å². The minimum Gasteiger partial charge on any atom is -0.507 e. The van der Waals surface area contributed by atoms with Gasteiger partial charge in [0.15, 0.2) is 0 Å². The lowest BCUT2D eigenvalue weighted by Crippen LogP contribution is -2.50. The third-order valence-electron chi connectivity index (χ3n) is 11.3. The predicted octanol–water partition coefficient (Wildman–Crippen LogP) is 9.98. The molecule has 3 unspecified atom stereocenters. The van der Waals surface area contributed by atoms with Crippen LogP contribution in [0, 0.1) is 5.92 Å². The largest absolute Gasteiger partial charge is 0.507 e. The second-order valence-corrected chi connectivity index (χ2v) is 15.7. The number of carbonyl (C=O) groups excluding carboxylic acids is 1. The lowest BCUT2D eigenvalue weighted by atomic mass is 9.70. The van der Waals surface area contributed by atoms with Crippen LogP contribution < -0.4 is 4.74 Å². The Kier molecular flexibility index (Phi) is 11.2. The van der Waals surface area contributed by atoms with Crippen molar-refractivity contribution in [3.63, 3.8) is 0 Å². The molecule has 0 saturated carbocycles. The molecular formula is C43H58O7. The molecule has 0 bridgehead atoms. The Morgan fingerprint density at radius 3 is 2.32 bits per heavy atom. The molecule has 0 spiro atoms. The number of aryl methyl sites for hydroxylation is 2. The molecule has 272 valence electrons. The summed E-state index contributed by atoms with van der Waals surface area (Å²) in [6.45, 7) is 18.1. The Bertz CT molecular complexity index is 1700. The molecule has 0 radical (unpaired) electrons. The summed E-state index contributed by atoms with van der Waals surface area (Å²) >= 11 is 0. The number of hydrogen-bond donors (Lipinski definition) is 4. The molecular weight excluding hydrogens is 628 g/mol. The van der Waals surface area contributed by atoms with Crippen LogP contribution >= 0.6 is 0 Å². The maximum Gasteiger partial charge on any atom is 0.342 e. The highest BCUT2D eigenvalue weighted by Gasteiger charge is 2.51. The van der Waals surface area contributed by atoms with E-state index in [4.69, 9.17) is 9.47 Å². The standard InChI is InChI=1S/C43H58O7/c1-9-11-13-15-27-22-32(44)38-34(23-27)49-42(6,7)31-19-20-43(8,40(47)37(31)38)50-41(48)35-28(16-14-12-10-2)24-33(45)36(39(35)46)30-21-26(5)17-18-29(30)25(3)4/h21-24,29-30,40,44-47H,3,9-20H2,1-2,4-8H3/t29-,30?,40?,43?/m0/s1. The molecule has 1 aliphatic heterocycles. The minimum atomic E-state index is -1.38. The number of carbonyl (C=O) groups is 1. The number of phenolic OH excluding ortho intramolecular Hbond substituents is 3. The number of hydrogen-bond acceptors (Lipinski definition) is 7. The van der Waals surface area contributed by atoms with Gasteiger partial charge in [-0.1, -0.05) is 63.3 Å². The average molecular weight is 687 g/mol. The van der Waals surface area contributed by atoms with Gasteiger partial charge in [0.2, 0.25) is 0 Å². The quantitative estimate of drug-likeness (QED) is 0.0998. The summed E-state index contributed by atoms with van der Waals surface area (Å²) in [7, 11) is 0. The van der Waals surface area contributed by atoms with Crippen molar-refractivity contribution in [2.45, 2.75) is 149 Å². The van der Waals surface area contributed by atoms with Crippen molar-refractivity contribution in [2.24, 2.45) is 5.92 Å². The van der Waals surface area contributed by atoms with Gasteiger partial charge in [-0.15, -0.1) is 0 Å². The molecule has 4 N–H and O–H groups in total. The van der Waals surface area contributed by atoms with Gasteiger partial charge in [-0.05, 0) is 127 Å². The van der Waals surface area contributed by atoms with E-state index in [0.717, 1.165) is 80.1 Å². The fourth-order valence-electron chi connectivity index (χ4n) is 8.41. The highest BCUT2D eigenvalue weighted by molar-refractivity contribution is 5.96. The van der Waals surface area contributed by atoms with Gasteiger partial charge in [0.05, 0.1) is 5.56 Å². The molecule has 0 saturated heterocycles. The molecule has 0 amide bonds. The molecule has 50 heavy (non-hydrogen) atoms. The molecule has 0 fully saturated rings. The smallest absolute Gasteiger partial charge is 0.342 e. The van der Waals surface area contributed by atoms with Gasteiger partial charge in [-0.3, -0.25) is 0 Å². The molecule has 0 aromatic heterocycles. The number of aliphatic hydroxyl groups is 1. The molecule has 5 rings (SSSR count). The summed E-state index contributed by atoms with van der Waals surface area (Å²) in [5.41, 5.74) is 3.64. The van der Waals surface area contributed by atoms with Gasteiger partial charge < -0.3 is 29.9 Å². The first-order chi connectivity index (χ1) is 23.6. The summed E-state index contributed by atoms with van der Waals surface area (Å²) in [5.74, 6) is -0.876. The maximum absolute atomic E-state index is 14.4. The Hall–Kier alpha value is -3.71. The number of aromatic hydroxyl groups is 3. The monoisotopic (exact) mass is 686 g/mol. The molecule has 7 nitrogen and oxygen atoms in total. The van der Waals surface area contributed by atoms with E-state index in [1.807, 2.05) is 33.8 Å². The zero-order valence-corrected chi connectivity index (χ0v) is 31.2. The highest BCUT2D eigenvalue weighted by atomic mass is 16.6. The summed E-state index contributed by atoms with van der Waals surface area (Å²) < 4.78 is 12.8. The number of phenols is 3. The summed E-state index contributed by atoms with van der Waals surface area (Å²) in [6.07, 6.45) is 10.4. The van der Waals surface area contributed by atoms with E-state index in [2.05, 4.69) is 26.5 Å². The SMILES string of the molecule is C=C(C)[C@@H]1CCC(C)=CC1c1c(O)cc(CCCCC)c(C(=O)OC2(C)CCC3=C(c4c(O)cc(CCCCC)cc4OC3(C)C)C2O)c1O. The highest BCUT2D eigenvalue weighted by Crippen LogP contribution is 2.54. The Balaban J connectivity index is 1.55. The van der Waals surface area contributed by atoms with Crippen molar-refractivity contribution in [3.05, 3.63) is 75.4 Å². The van der Waals surface area contributed by atoms with Crippen LogP contribution in [0.4, 0.5) is 0 Å². The fraction of sp³-hybridized carbons (Fsp3) is 0.558. The van der Waals surface area contributed by atoms with E-state index in [1.165, 1.54) is 0 Å². The van der Waals surface area contributed by atoms with Gasteiger partial charge in [0.1, 0.15) is 45.9 Å². The third kappa shape index (κ3) is 7.21. The Morgan fingerprint density at radius 2 is 1.66 bits per heavy atom. The van der Waals surface area contributed by atoms with Gasteiger partial charge >= 0.3 is 5.97 Å². The summed E-state index contributed by atoms with van der Waals surface area (Å²) in [6, 6.07) is 5.32. The number of benzene rings is 2. The Labute approximate surface area is 298 Å². The zero-order valence-electron chi connectivity index (χ0n) is 31.2. The maximum atomic E-state index is 14.4. The van der Waals surface area contributed by atoms with Crippen LogP contribution in [0.2, 0.25) is 0 Å². The van der Waals surface area contributed by atoms with E-state index in [0.29, 0.717) is 47.3 Å². The van der Waals surface area contributed by atoms with Crippen LogP contribution in [0.15, 0.2) is 47.6 Å². The van der Waals surface area contributed by atoms with Crippen LogP contribution in [-0.4, -0.2) is 43.7 Å². The van der Waals surface area contributed by atoms with Crippen LogP contribution in [-0.2, 0) is 17.6 Å². The first-order valence-electron chi connectivity index (χ1n) is 18.7. The van der Waals surface area contributed by atoms with Gasteiger partial charge in [-0.25, -0.2) is 4.79 Å². The van der Waals surface area contributed by atoms with Crippen LogP contribution in [0.5, 0.6) is 23.0 Å². The van der Waals surface area contributed by atoms with Crippen LogP contribution in [0.3, 0.4) is 0 Å². The second kappa shape index (κ2) is 14.9. The zero-order chi connectivity index (χ0) is 36.5. The Morgan fingerprint density at radius 1 is 0.980 bits per heavy atom. The topological polar surface area (TPSA) is 116 Å². The second-order valence-electron chi connectivity index (χ2n) is 15.7. The van der Waals surface area contributed by atoms with Gasteiger partial charge in [-0.2, -0.15) is 0 Å². The summed E-state index contributed by atoms with van der Waals surface area (Å²) in [5, 5.41) is 47.0. The van der Waals surface area contributed by atoms with E-state index in [1.54, 1.807) is 19.1 Å². The molecule has 2 aromatic carbocycles. The number of unbranched alkanes of at least 4 members (excludes halogenated alkanes) is 4. The minimum absolute atomic E-state index is 0.00913. The van der Waals surface area contributed by atoms with Crippen molar-refractivity contribution in [2.75, 3.05) is 0 Å². The molecule has 7 heteroatoms.